The molecular formula is C61H98N6O13. The number of nitrogens with one attached hydrogen (secondary N) is 3. The molecule has 0 spiro atoms. The van der Waals surface area contributed by atoms with Crippen LogP contribution < -0.4 is 16.0 Å². The number of ether oxygens (including phenoxy) is 5. The molecule has 0 aliphatic carbocycles. The zero-order valence-electron chi connectivity index (χ0n) is 50.9. The van der Waals surface area contributed by atoms with Crippen LogP contribution in [0.1, 0.15) is 146 Å². The maximum atomic E-state index is 14.8. The third-order valence-corrected chi connectivity index (χ3v) is 15.7. The van der Waals surface area contributed by atoms with Gasteiger partial charge in [-0.25, -0.2) is 10.1 Å². The number of amides is 5. The number of nitrogens with zero attached hydrogens (tertiary/aromatic N) is 3. The Kier molecular flexibility index (Phi) is 28.6. The third kappa shape index (κ3) is 19.5. The van der Waals surface area contributed by atoms with Crippen molar-refractivity contribution in [2.75, 3.05) is 34.9 Å². The number of benzene rings is 2. The fourth-order valence-electron chi connectivity index (χ4n) is 10.6. The van der Waals surface area contributed by atoms with Gasteiger partial charge in [0.2, 0.25) is 23.6 Å². The van der Waals surface area contributed by atoms with Crippen LogP contribution in [0.25, 0.3) is 0 Å². The van der Waals surface area contributed by atoms with E-state index < -0.39 is 114 Å². The molecule has 13 unspecified atom stereocenters. The van der Waals surface area contributed by atoms with E-state index >= 15 is 0 Å². The van der Waals surface area contributed by atoms with Gasteiger partial charge in [-0.15, -0.1) is 0 Å². The second-order valence-electron chi connectivity index (χ2n) is 23.0. The minimum atomic E-state index is -1.56. The Bertz CT molecular complexity index is 2250. The van der Waals surface area contributed by atoms with Crippen molar-refractivity contribution in [2.24, 2.45) is 41.4 Å². The maximum absolute atomic E-state index is 14.8. The molecular weight excluding hydrogens is 1020 g/mol. The highest BCUT2D eigenvalue weighted by atomic mass is 16.7. The predicted molar refractivity (Wildman–Crippen MR) is 306 cm³/mol. The highest BCUT2D eigenvalue weighted by Gasteiger charge is 2.44. The molecule has 2 aromatic carbocycles. The van der Waals surface area contributed by atoms with E-state index in [1.54, 1.807) is 84.4 Å². The van der Waals surface area contributed by atoms with Gasteiger partial charge in [-0.2, -0.15) is 0 Å². The summed E-state index contributed by atoms with van der Waals surface area (Å²) in [6.07, 6.45) is -2.47. The first kappa shape index (κ1) is 68.6. The van der Waals surface area contributed by atoms with Crippen LogP contribution in [0.3, 0.4) is 0 Å². The van der Waals surface area contributed by atoms with Crippen molar-refractivity contribution >= 4 is 41.7 Å². The van der Waals surface area contributed by atoms with E-state index in [0.29, 0.717) is 37.8 Å². The second kappa shape index (κ2) is 33.3. The van der Waals surface area contributed by atoms with Crippen molar-refractivity contribution < 1.29 is 62.4 Å². The number of aliphatic hydroxyl groups excluding tert-OH is 1. The van der Waals surface area contributed by atoms with Gasteiger partial charge in [-0.3, -0.25) is 33.7 Å². The Hall–Kier alpha value is -5.63. The summed E-state index contributed by atoms with van der Waals surface area (Å²) in [4.78, 5) is 103. The van der Waals surface area contributed by atoms with E-state index in [9.17, 15) is 38.7 Å². The molecule has 5 amide bonds. The SMILES string of the molecule is CCC(CC(C(=O)OC(NC(C)C)OC(=O)N(C)C(C(=O)NC(C(=O)N(C)C(C(C)CC)C(CC(=O)N1CCCC1C(OC)C(C)C(=O)NC(C)C(O)c1ccccc1)OC)C(C)C)C(C)C)C(C)C)C(=O)OCc1ccccc1. The molecule has 2 aromatic rings. The number of hydrogen-bond acceptors (Lipinski definition) is 14. The van der Waals surface area contributed by atoms with Gasteiger partial charge >= 0.3 is 24.4 Å². The quantitative estimate of drug-likeness (QED) is 0.0408. The van der Waals surface area contributed by atoms with E-state index in [1.165, 1.54) is 21.3 Å². The molecule has 19 heteroatoms. The number of methoxy groups -OCH3 is 2. The zero-order chi connectivity index (χ0) is 60.1. The zero-order valence-corrected chi connectivity index (χ0v) is 50.9. The number of rotatable bonds is 32. The Labute approximate surface area is 477 Å². The van der Waals surface area contributed by atoms with Crippen LogP contribution in [-0.2, 0) is 59.1 Å². The Morgan fingerprint density at radius 2 is 1.34 bits per heavy atom. The minimum Gasteiger partial charge on any atom is -0.461 e. The molecule has 0 saturated carbocycles. The van der Waals surface area contributed by atoms with Crippen molar-refractivity contribution in [1.29, 1.82) is 0 Å². The topological polar surface area (TPSA) is 232 Å². The molecule has 1 aliphatic heterocycles. The lowest BCUT2D eigenvalue weighted by Crippen LogP contribution is -2.60. The number of likely N-dealkylation sites (N-methyl/N-ethyl adjacent to an activating group) is 2. The summed E-state index contributed by atoms with van der Waals surface area (Å²) in [5, 5.41) is 19.8. The fraction of sp³-hybridized carbons (Fsp3) is 0.689. The van der Waals surface area contributed by atoms with Crippen molar-refractivity contribution in [3.8, 4) is 0 Å². The average Bonchev–Trinajstić information content (AvgIpc) is 3.91. The summed E-state index contributed by atoms with van der Waals surface area (Å²) in [6, 6.07) is 14.2. The van der Waals surface area contributed by atoms with Crippen LogP contribution in [0.2, 0.25) is 0 Å². The highest BCUT2D eigenvalue weighted by molar-refractivity contribution is 5.92. The molecule has 1 saturated heterocycles. The fourth-order valence-corrected chi connectivity index (χ4v) is 10.6. The monoisotopic (exact) mass is 1120 g/mol. The highest BCUT2D eigenvalue weighted by Crippen LogP contribution is 2.31. The van der Waals surface area contributed by atoms with Gasteiger partial charge in [-0.05, 0) is 81.3 Å². The number of carbonyl (C=O) groups is 7. The van der Waals surface area contributed by atoms with E-state index in [0.717, 1.165) is 10.5 Å². The Balaban J connectivity index is 1.77. The molecule has 0 bridgehead atoms. The third-order valence-electron chi connectivity index (χ3n) is 15.7. The van der Waals surface area contributed by atoms with Gasteiger partial charge in [0.25, 0.3) is 0 Å². The molecule has 0 aromatic heterocycles. The van der Waals surface area contributed by atoms with E-state index in [-0.39, 0.29) is 49.1 Å². The van der Waals surface area contributed by atoms with Crippen LogP contribution in [-0.4, -0.2) is 151 Å². The lowest BCUT2D eigenvalue weighted by molar-refractivity contribution is -0.183. The second-order valence-corrected chi connectivity index (χ2v) is 23.0. The molecule has 450 valence electrons. The number of esters is 2. The van der Waals surface area contributed by atoms with Crippen LogP contribution in [0.4, 0.5) is 4.79 Å². The summed E-state index contributed by atoms with van der Waals surface area (Å²) in [7, 11) is 6.07. The van der Waals surface area contributed by atoms with Crippen LogP contribution >= 0.6 is 0 Å². The lowest BCUT2D eigenvalue weighted by Gasteiger charge is -2.41. The molecule has 13 atom stereocenters. The summed E-state index contributed by atoms with van der Waals surface area (Å²) >= 11 is 0. The molecule has 1 fully saturated rings. The molecule has 1 aliphatic rings. The Morgan fingerprint density at radius 1 is 0.725 bits per heavy atom. The summed E-state index contributed by atoms with van der Waals surface area (Å²) in [5.74, 6) is -6.05. The minimum absolute atomic E-state index is 0.0822. The molecule has 80 heavy (non-hydrogen) atoms. The van der Waals surface area contributed by atoms with Crippen LogP contribution in [0.15, 0.2) is 60.7 Å². The van der Waals surface area contributed by atoms with Crippen molar-refractivity contribution in [3.63, 3.8) is 0 Å². The maximum Gasteiger partial charge on any atom is 0.414 e. The summed E-state index contributed by atoms with van der Waals surface area (Å²) < 4.78 is 29.3. The number of aliphatic hydroxyl groups is 1. The average molecular weight is 1120 g/mol. The van der Waals surface area contributed by atoms with Gasteiger partial charge in [0.15, 0.2) is 0 Å². The first-order valence-electron chi connectivity index (χ1n) is 28.8. The smallest absolute Gasteiger partial charge is 0.414 e. The molecule has 19 nitrogen and oxygen atoms in total. The molecule has 3 rings (SSSR count). The Morgan fingerprint density at radius 3 is 1.86 bits per heavy atom. The van der Waals surface area contributed by atoms with Gasteiger partial charge in [0, 0.05) is 40.9 Å². The summed E-state index contributed by atoms with van der Waals surface area (Å²) in [5.41, 5.74) is 1.52. The number of hydrogen-bond donors (Lipinski definition) is 4. The standard InChI is InChI=1S/C61H98N6O13/c1-18-40(11)52(48(76-16)34-49(68)67-32-26-31-47(67)54(77-17)41(12)55(70)63-42(13)53(69)45-29-24-21-25-30-45)65(14)57(72)50(37(5)6)64-56(71)51(38(7)8)66(15)61(75)80-60(62-39(9)10)79-59(74)46(36(3)4)33-44(19-2)58(73)78-35-43-27-22-20-23-28-43/h20-25,27-30,36-42,44,46-48,50-54,60,62,69H,18-19,26,31-35H2,1-17H3,(H,63,70)(H,64,71). The molecule has 4 N–H and O–H groups in total. The summed E-state index contributed by atoms with van der Waals surface area (Å²) in [6.45, 7) is 24.2. The van der Waals surface area contributed by atoms with Gasteiger partial charge in [0.05, 0.1) is 60.6 Å². The number of carbonyl (C=O) groups excluding carboxylic acids is 7. The number of likely N-dealkylation sites (tertiary alicyclic amines) is 1. The predicted octanol–water partition coefficient (Wildman–Crippen LogP) is 7.64. The van der Waals surface area contributed by atoms with E-state index in [4.69, 9.17) is 23.7 Å². The normalized spacial score (nSPS) is 18.2. The first-order chi connectivity index (χ1) is 37.7. The van der Waals surface area contributed by atoms with Crippen molar-refractivity contribution in [2.45, 2.75) is 196 Å². The largest absolute Gasteiger partial charge is 0.461 e. The molecule has 1 heterocycles. The van der Waals surface area contributed by atoms with Gasteiger partial charge in [0.1, 0.15) is 18.7 Å². The van der Waals surface area contributed by atoms with Gasteiger partial charge in [-0.1, -0.05) is 136 Å². The first-order valence-corrected chi connectivity index (χ1v) is 28.8. The van der Waals surface area contributed by atoms with E-state index in [1.807, 2.05) is 83.1 Å². The lowest BCUT2D eigenvalue weighted by atomic mass is 9.85. The molecule has 0 radical (unpaired) electrons. The van der Waals surface area contributed by atoms with E-state index in [2.05, 4.69) is 16.0 Å². The van der Waals surface area contributed by atoms with Crippen LogP contribution in [0.5, 0.6) is 0 Å². The van der Waals surface area contributed by atoms with Gasteiger partial charge < -0.3 is 49.2 Å². The van der Waals surface area contributed by atoms with Crippen molar-refractivity contribution in [3.05, 3.63) is 71.8 Å². The van der Waals surface area contributed by atoms with Crippen LogP contribution in [0, 0.1) is 41.4 Å². The van der Waals surface area contributed by atoms with Crippen molar-refractivity contribution in [1.82, 2.24) is 30.7 Å².